The largest absolute Gasteiger partial charge is 0.338 e. The molecule has 1 heterocycles. The number of aromatic nitrogens is 2. The van der Waals surface area contributed by atoms with Crippen molar-refractivity contribution in [3.8, 4) is 0 Å². The van der Waals surface area contributed by atoms with Crippen molar-refractivity contribution < 1.29 is 13.2 Å². The van der Waals surface area contributed by atoms with Crippen LogP contribution in [0, 0.1) is 0 Å². The van der Waals surface area contributed by atoms with Gasteiger partial charge in [-0.25, -0.2) is 18.2 Å². The zero-order valence-electron chi connectivity index (χ0n) is 12.2. The minimum atomic E-state index is -3.22. The van der Waals surface area contributed by atoms with Gasteiger partial charge < -0.3 is 15.2 Å². The van der Waals surface area contributed by atoms with Gasteiger partial charge in [0.2, 0.25) is 0 Å². The first-order valence-electron chi connectivity index (χ1n) is 6.76. The average molecular weight is 322 g/mol. The van der Waals surface area contributed by atoms with E-state index in [-0.39, 0.29) is 10.9 Å². The van der Waals surface area contributed by atoms with E-state index in [9.17, 15) is 13.2 Å². The van der Waals surface area contributed by atoms with Crippen molar-refractivity contribution in [2.45, 2.75) is 17.9 Å². The molecule has 0 radical (unpaired) electrons. The molecule has 7 nitrogen and oxygen atoms in total. The highest BCUT2D eigenvalue weighted by molar-refractivity contribution is 7.90. The van der Waals surface area contributed by atoms with Crippen LogP contribution in [0.4, 0.5) is 10.5 Å². The molecule has 0 atom stereocenters. The van der Waals surface area contributed by atoms with Crippen molar-refractivity contribution in [2.24, 2.45) is 0 Å². The second kappa shape index (κ2) is 7.08. The molecule has 0 aliphatic carbocycles. The van der Waals surface area contributed by atoms with Crippen molar-refractivity contribution in [1.29, 1.82) is 0 Å². The normalized spacial score (nSPS) is 11.1. The van der Waals surface area contributed by atoms with E-state index in [0.717, 1.165) is 19.2 Å². The zero-order valence-corrected chi connectivity index (χ0v) is 13.0. The summed E-state index contributed by atoms with van der Waals surface area (Å²) in [5, 5.41) is 5.39. The summed E-state index contributed by atoms with van der Waals surface area (Å²) >= 11 is 0. The Morgan fingerprint density at radius 2 is 2.00 bits per heavy atom. The first-order chi connectivity index (χ1) is 10.4. The quantitative estimate of drug-likeness (QED) is 0.788. The van der Waals surface area contributed by atoms with Gasteiger partial charge in [0.25, 0.3) is 0 Å². The van der Waals surface area contributed by atoms with Crippen LogP contribution in [0.15, 0.2) is 47.9 Å². The molecule has 0 aliphatic heterocycles. The van der Waals surface area contributed by atoms with E-state index in [4.69, 9.17) is 0 Å². The Balaban J connectivity index is 1.74. The summed E-state index contributed by atoms with van der Waals surface area (Å²) in [5.41, 5.74) is 0.541. The Morgan fingerprint density at radius 1 is 1.27 bits per heavy atom. The molecule has 2 rings (SSSR count). The smallest absolute Gasteiger partial charge is 0.319 e. The fraction of sp³-hybridized carbons (Fsp3) is 0.286. The molecule has 1 aromatic carbocycles. The Labute approximate surface area is 129 Å². The van der Waals surface area contributed by atoms with Crippen LogP contribution in [0.25, 0.3) is 0 Å². The minimum Gasteiger partial charge on any atom is -0.338 e. The lowest BCUT2D eigenvalue weighted by atomic mass is 10.3. The van der Waals surface area contributed by atoms with Gasteiger partial charge in [-0.1, -0.05) is 0 Å². The first-order valence-corrected chi connectivity index (χ1v) is 8.65. The van der Waals surface area contributed by atoms with Gasteiger partial charge in [0.05, 0.1) is 11.2 Å². The summed E-state index contributed by atoms with van der Waals surface area (Å²) in [6.07, 6.45) is 7.23. The summed E-state index contributed by atoms with van der Waals surface area (Å²) in [5.74, 6) is 0. The molecule has 22 heavy (non-hydrogen) atoms. The highest BCUT2D eigenvalue weighted by Gasteiger charge is 2.07. The maximum absolute atomic E-state index is 11.7. The van der Waals surface area contributed by atoms with E-state index in [1.54, 1.807) is 24.7 Å². The van der Waals surface area contributed by atoms with E-state index in [2.05, 4.69) is 15.6 Å². The Kier molecular flexibility index (Phi) is 5.16. The molecule has 1 aromatic heterocycles. The van der Waals surface area contributed by atoms with Gasteiger partial charge in [0.15, 0.2) is 9.84 Å². The lowest BCUT2D eigenvalue weighted by Gasteiger charge is -2.08. The highest BCUT2D eigenvalue weighted by Crippen LogP contribution is 2.13. The average Bonchev–Trinajstić information content (AvgIpc) is 2.96. The Hall–Kier alpha value is -2.35. The van der Waals surface area contributed by atoms with Crippen molar-refractivity contribution in [3.05, 3.63) is 43.0 Å². The Morgan fingerprint density at radius 3 is 2.59 bits per heavy atom. The van der Waals surface area contributed by atoms with Crippen LogP contribution >= 0.6 is 0 Å². The second-order valence-corrected chi connectivity index (χ2v) is 6.85. The van der Waals surface area contributed by atoms with Crippen LogP contribution < -0.4 is 10.6 Å². The molecule has 0 aliphatic rings. The molecule has 0 unspecified atom stereocenters. The SMILES string of the molecule is CS(=O)(=O)c1ccc(NC(=O)NCCCn2ccnc2)cc1. The predicted octanol–water partition coefficient (Wildman–Crippen LogP) is 1.50. The molecule has 8 heteroatoms. The van der Waals surface area contributed by atoms with Crippen LogP contribution in [-0.4, -0.2) is 36.8 Å². The molecule has 0 fully saturated rings. The molecular formula is C14H18N4O3S. The number of hydrogen-bond donors (Lipinski definition) is 2. The molecule has 0 bridgehead atoms. The summed E-state index contributed by atoms with van der Waals surface area (Å²) in [6.45, 7) is 1.31. The van der Waals surface area contributed by atoms with Crippen LogP contribution in [0.3, 0.4) is 0 Å². The number of rotatable bonds is 6. The fourth-order valence-electron chi connectivity index (χ4n) is 1.84. The number of nitrogens with one attached hydrogen (secondary N) is 2. The standard InChI is InChI=1S/C14H18N4O3S/c1-22(20,21)13-5-3-12(4-6-13)17-14(19)16-7-2-9-18-10-8-15-11-18/h3-6,8,10-11H,2,7,9H2,1H3,(H2,16,17,19). The number of aryl methyl sites for hydroxylation is 1. The number of carbonyl (C=O) groups excluding carboxylic acids is 1. The van der Waals surface area contributed by atoms with Crippen molar-refractivity contribution in [2.75, 3.05) is 18.1 Å². The molecule has 0 saturated carbocycles. The van der Waals surface area contributed by atoms with Gasteiger partial charge in [-0.15, -0.1) is 0 Å². The van der Waals surface area contributed by atoms with Crippen molar-refractivity contribution in [3.63, 3.8) is 0 Å². The van der Waals surface area contributed by atoms with E-state index < -0.39 is 9.84 Å². The maximum Gasteiger partial charge on any atom is 0.319 e. The number of sulfone groups is 1. The Bertz CT molecular complexity index is 709. The van der Waals surface area contributed by atoms with Crippen LogP contribution in [0.2, 0.25) is 0 Å². The number of benzene rings is 1. The number of amides is 2. The molecule has 2 aromatic rings. The lowest BCUT2D eigenvalue weighted by molar-refractivity contribution is 0.252. The summed E-state index contributed by atoms with van der Waals surface area (Å²) in [6, 6.07) is 5.72. The third kappa shape index (κ3) is 4.88. The second-order valence-electron chi connectivity index (χ2n) is 4.83. The third-order valence-corrected chi connectivity index (χ3v) is 4.11. The molecule has 2 N–H and O–H groups in total. The van der Waals surface area contributed by atoms with Crippen LogP contribution in [-0.2, 0) is 16.4 Å². The van der Waals surface area contributed by atoms with Gasteiger partial charge in [0.1, 0.15) is 0 Å². The van der Waals surface area contributed by atoms with Crippen LogP contribution in [0.1, 0.15) is 6.42 Å². The third-order valence-electron chi connectivity index (χ3n) is 2.98. The summed E-state index contributed by atoms with van der Waals surface area (Å²) < 4.78 is 24.6. The lowest BCUT2D eigenvalue weighted by Crippen LogP contribution is -2.30. The summed E-state index contributed by atoms with van der Waals surface area (Å²) in [4.78, 5) is 15.9. The van der Waals surface area contributed by atoms with Gasteiger partial charge in [-0.2, -0.15) is 0 Å². The molecule has 0 spiro atoms. The monoisotopic (exact) mass is 322 g/mol. The highest BCUT2D eigenvalue weighted by atomic mass is 32.2. The number of anilines is 1. The number of hydrogen-bond acceptors (Lipinski definition) is 4. The predicted molar refractivity (Wildman–Crippen MR) is 83.4 cm³/mol. The number of carbonyl (C=O) groups is 1. The fourth-order valence-corrected chi connectivity index (χ4v) is 2.47. The zero-order chi connectivity index (χ0) is 16.0. The van der Waals surface area contributed by atoms with Crippen molar-refractivity contribution in [1.82, 2.24) is 14.9 Å². The van der Waals surface area contributed by atoms with E-state index in [0.29, 0.717) is 12.2 Å². The van der Waals surface area contributed by atoms with E-state index in [1.165, 1.54) is 12.1 Å². The number of imidazole rings is 1. The number of urea groups is 1. The van der Waals surface area contributed by atoms with Gasteiger partial charge in [-0.3, -0.25) is 0 Å². The number of nitrogens with zero attached hydrogens (tertiary/aromatic N) is 2. The molecule has 0 saturated heterocycles. The van der Waals surface area contributed by atoms with E-state index in [1.807, 2.05) is 10.8 Å². The topological polar surface area (TPSA) is 93.1 Å². The van der Waals surface area contributed by atoms with E-state index >= 15 is 0 Å². The van der Waals surface area contributed by atoms with Gasteiger partial charge in [0, 0.05) is 37.4 Å². The first kappa shape index (κ1) is 16.0. The molecular weight excluding hydrogens is 304 g/mol. The summed E-state index contributed by atoms with van der Waals surface area (Å²) in [7, 11) is -3.22. The minimum absolute atomic E-state index is 0.221. The molecule has 2 amide bonds. The molecule has 118 valence electrons. The van der Waals surface area contributed by atoms with Gasteiger partial charge >= 0.3 is 6.03 Å². The van der Waals surface area contributed by atoms with Crippen LogP contribution in [0.5, 0.6) is 0 Å². The maximum atomic E-state index is 11.7. The van der Waals surface area contributed by atoms with Gasteiger partial charge in [-0.05, 0) is 30.7 Å². The van der Waals surface area contributed by atoms with Crippen molar-refractivity contribution >= 4 is 21.6 Å².